The van der Waals surface area contributed by atoms with E-state index in [1.807, 2.05) is 12.1 Å². The maximum Gasteiger partial charge on any atom is 0.137 e. The van der Waals surface area contributed by atoms with Gasteiger partial charge in [-0.3, -0.25) is 0 Å². The number of anilines is 3. The van der Waals surface area contributed by atoms with Crippen LogP contribution in [0.3, 0.4) is 0 Å². The maximum atomic E-state index is 6.56. The molecule has 0 spiro atoms. The van der Waals surface area contributed by atoms with Crippen LogP contribution in [-0.4, -0.2) is 4.98 Å². The third-order valence-corrected chi connectivity index (χ3v) is 11.4. The van der Waals surface area contributed by atoms with Crippen molar-refractivity contribution < 1.29 is 8.83 Å². The lowest BCUT2D eigenvalue weighted by molar-refractivity contribution is 0.669. The van der Waals surface area contributed by atoms with Crippen LogP contribution in [0.4, 0.5) is 17.1 Å². The molecule has 266 valence electrons. The number of nitrogens with zero attached hydrogens (tertiary/aromatic N) is 2. The highest BCUT2D eigenvalue weighted by molar-refractivity contribution is 6.20. The summed E-state index contributed by atoms with van der Waals surface area (Å²) in [5, 5.41) is 10.4. The SMILES string of the molecule is c1ccc2nc(-c3ccc(-c4ccc(N(c5ccc6c(c5)oc5ccc7ccccc7c56)c5ccc6c(c5)oc5ccc7ccccc7c56)cc4)cc3)ccc2c1. The molecule has 0 unspecified atom stereocenters. The van der Waals surface area contributed by atoms with Gasteiger partial charge in [-0.05, 0) is 93.3 Å². The monoisotopic (exact) mass is 728 g/mol. The second-order valence-corrected chi connectivity index (χ2v) is 14.7. The Hall–Kier alpha value is -7.69. The van der Waals surface area contributed by atoms with E-state index in [0.29, 0.717) is 0 Å². The standard InChI is InChI=1S/C53H32N2O2/c1-4-10-42-35(7-1)20-29-48-52(42)44-26-24-40(31-50(44)56-48)55(41-25-27-45-51(32-41)57-49-30-21-36-8-2-5-11-43(36)53(45)49)39-22-17-34(18-23-39)33-13-15-38(16-14-33)47-28-19-37-9-3-6-12-46(37)54-47/h1-32H. The van der Waals surface area contributed by atoms with Gasteiger partial charge in [0.2, 0.25) is 0 Å². The molecule has 0 saturated carbocycles. The Labute approximate surface area is 327 Å². The van der Waals surface area contributed by atoms with Gasteiger partial charge in [0.1, 0.15) is 22.3 Å². The van der Waals surface area contributed by atoms with Crippen LogP contribution in [0.15, 0.2) is 203 Å². The molecule has 0 amide bonds. The summed E-state index contributed by atoms with van der Waals surface area (Å²) in [7, 11) is 0. The fourth-order valence-corrected chi connectivity index (χ4v) is 8.66. The number of fused-ring (bicyclic) bond motifs is 11. The van der Waals surface area contributed by atoms with Crippen molar-refractivity contribution in [2.24, 2.45) is 0 Å². The molecular formula is C53H32N2O2. The minimum absolute atomic E-state index is 0.845. The van der Waals surface area contributed by atoms with E-state index >= 15 is 0 Å². The Morgan fingerprint density at radius 1 is 0.333 bits per heavy atom. The zero-order valence-corrected chi connectivity index (χ0v) is 30.7. The highest BCUT2D eigenvalue weighted by Crippen LogP contribution is 2.43. The quantitative estimate of drug-likeness (QED) is 0.177. The van der Waals surface area contributed by atoms with Gasteiger partial charge >= 0.3 is 0 Å². The summed E-state index contributed by atoms with van der Waals surface area (Å²) in [5.74, 6) is 0. The van der Waals surface area contributed by atoms with Crippen LogP contribution in [0, 0.1) is 0 Å². The van der Waals surface area contributed by atoms with Gasteiger partial charge in [0.05, 0.1) is 11.2 Å². The predicted octanol–water partition coefficient (Wildman–Crippen LogP) is 15.1. The van der Waals surface area contributed by atoms with Crippen molar-refractivity contribution in [1.82, 2.24) is 4.98 Å². The molecule has 12 aromatic rings. The number of para-hydroxylation sites is 1. The fourth-order valence-electron chi connectivity index (χ4n) is 8.66. The lowest BCUT2D eigenvalue weighted by Crippen LogP contribution is -2.09. The number of aromatic nitrogens is 1. The molecule has 0 fully saturated rings. The first-order valence-electron chi connectivity index (χ1n) is 19.3. The molecule has 4 nitrogen and oxygen atoms in total. The van der Waals surface area contributed by atoms with E-state index < -0.39 is 0 Å². The summed E-state index contributed by atoms with van der Waals surface area (Å²) in [5.41, 5.74) is 11.8. The number of rotatable bonds is 5. The molecule has 0 N–H and O–H groups in total. The van der Waals surface area contributed by atoms with Gasteiger partial charge in [0.25, 0.3) is 0 Å². The Bertz CT molecular complexity index is 3370. The highest BCUT2D eigenvalue weighted by Gasteiger charge is 2.19. The highest BCUT2D eigenvalue weighted by atomic mass is 16.3. The van der Waals surface area contributed by atoms with Crippen molar-refractivity contribution in [2.75, 3.05) is 4.90 Å². The molecule has 12 rings (SSSR count). The summed E-state index contributed by atoms with van der Waals surface area (Å²) in [4.78, 5) is 7.19. The third-order valence-electron chi connectivity index (χ3n) is 11.4. The average Bonchev–Trinajstić information content (AvgIpc) is 3.85. The van der Waals surface area contributed by atoms with Crippen LogP contribution in [-0.2, 0) is 0 Å². The van der Waals surface area contributed by atoms with Crippen molar-refractivity contribution in [2.45, 2.75) is 0 Å². The van der Waals surface area contributed by atoms with Crippen molar-refractivity contribution in [3.63, 3.8) is 0 Å². The van der Waals surface area contributed by atoms with E-state index in [1.165, 1.54) is 21.5 Å². The minimum atomic E-state index is 0.845. The van der Waals surface area contributed by atoms with Crippen LogP contribution in [0.2, 0.25) is 0 Å². The Morgan fingerprint density at radius 2 is 0.807 bits per heavy atom. The molecule has 57 heavy (non-hydrogen) atoms. The molecule has 0 bridgehead atoms. The maximum absolute atomic E-state index is 6.56. The van der Waals surface area contributed by atoms with E-state index in [-0.39, 0.29) is 0 Å². The van der Waals surface area contributed by atoms with E-state index in [0.717, 1.165) is 94.2 Å². The van der Waals surface area contributed by atoms with Gasteiger partial charge in [0.15, 0.2) is 0 Å². The lowest BCUT2D eigenvalue weighted by Gasteiger charge is -2.25. The van der Waals surface area contributed by atoms with E-state index in [1.54, 1.807) is 0 Å². The summed E-state index contributed by atoms with van der Waals surface area (Å²) in [6.07, 6.45) is 0. The molecule has 0 aliphatic rings. The number of benzene rings is 9. The third kappa shape index (κ3) is 5.12. The first-order valence-corrected chi connectivity index (χ1v) is 19.3. The normalized spacial score (nSPS) is 11.9. The van der Waals surface area contributed by atoms with Crippen LogP contribution in [0.1, 0.15) is 0 Å². The summed E-state index contributed by atoms with van der Waals surface area (Å²) in [6, 6.07) is 68.5. The van der Waals surface area contributed by atoms with Crippen molar-refractivity contribution >= 4 is 93.4 Å². The minimum Gasteiger partial charge on any atom is -0.456 e. The van der Waals surface area contributed by atoms with E-state index in [4.69, 9.17) is 13.8 Å². The molecule has 0 radical (unpaired) electrons. The molecular weight excluding hydrogens is 697 g/mol. The summed E-state index contributed by atoms with van der Waals surface area (Å²) >= 11 is 0. The van der Waals surface area contributed by atoms with Gasteiger partial charge in [-0.15, -0.1) is 0 Å². The van der Waals surface area contributed by atoms with Gasteiger partial charge in [-0.25, -0.2) is 4.98 Å². The Balaban J connectivity index is 0.968. The van der Waals surface area contributed by atoms with Gasteiger partial charge in [0, 0.05) is 61.7 Å². The van der Waals surface area contributed by atoms with Gasteiger partial charge in [-0.2, -0.15) is 0 Å². The lowest BCUT2D eigenvalue weighted by atomic mass is 10.0. The van der Waals surface area contributed by atoms with Gasteiger partial charge < -0.3 is 13.7 Å². The smallest absolute Gasteiger partial charge is 0.137 e. The van der Waals surface area contributed by atoms with E-state index in [9.17, 15) is 0 Å². The number of hydrogen-bond donors (Lipinski definition) is 0. The van der Waals surface area contributed by atoms with Crippen LogP contribution >= 0.6 is 0 Å². The summed E-state index contributed by atoms with van der Waals surface area (Å²) < 4.78 is 13.1. The molecule has 0 aliphatic carbocycles. The fraction of sp³-hybridized carbons (Fsp3) is 0. The summed E-state index contributed by atoms with van der Waals surface area (Å²) in [6.45, 7) is 0. The van der Waals surface area contributed by atoms with Crippen molar-refractivity contribution in [1.29, 1.82) is 0 Å². The second kappa shape index (κ2) is 12.4. The molecule has 4 heteroatoms. The average molecular weight is 729 g/mol. The molecule has 3 aromatic heterocycles. The van der Waals surface area contributed by atoms with E-state index in [2.05, 4.69) is 187 Å². The van der Waals surface area contributed by atoms with Crippen LogP contribution < -0.4 is 4.90 Å². The van der Waals surface area contributed by atoms with Gasteiger partial charge in [-0.1, -0.05) is 121 Å². The van der Waals surface area contributed by atoms with Crippen LogP contribution in [0.5, 0.6) is 0 Å². The van der Waals surface area contributed by atoms with Crippen molar-refractivity contribution in [3.8, 4) is 22.4 Å². The topological polar surface area (TPSA) is 42.4 Å². The first-order chi connectivity index (χ1) is 28.2. The zero-order valence-electron chi connectivity index (χ0n) is 30.7. The molecule has 0 atom stereocenters. The number of furan rings is 2. The predicted molar refractivity (Wildman–Crippen MR) is 237 cm³/mol. The molecule has 3 heterocycles. The Kier molecular flexibility index (Phi) is 6.89. The molecule has 0 aliphatic heterocycles. The second-order valence-electron chi connectivity index (χ2n) is 14.7. The number of hydrogen-bond acceptors (Lipinski definition) is 4. The van der Waals surface area contributed by atoms with Crippen molar-refractivity contribution in [3.05, 3.63) is 194 Å². The number of pyridine rings is 1. The van der Waals surface area contributed by atoms with Crippen LogP contribution in [0.25, 0.3) is 98.7 Å². The largest absolute Gasteiger partial charge is 0.456 e. The Morgan fingerprint density at radius 3 is 1.40 bits per heavy atom. The zero-order chi connectivity index (χ0) is 37.5. The molecule has 9 aromatic carbocycles. The first kappa shape index (κ1) is 31.6. The molecule has 0 saturated heterocycles.